The van der Waals surface area contributed by atoms with Crippen molar-refractivity contribution in [3.05, 3.63) is 33.8 Å². The Hall–Kier alpha value is -0.240. The van der Waals surface area contributed by atoms with Crippen LogP contribution in [0.15, 0.2) is 18.2 Å². The first kappa shape index (κ1) is 13.7. The van der Waals surface area contributed by atoms with Crippen molar-refractivity contribution < 1.29 is 0 Å². The highest BCUT2D eigenvalue weighted by atomic mass is 35.5. The minimum Gasteiger partial charge on any atom is -0.314 e. The van der Waals surface area contributed by atoms with Gasteiger partial charge < -0.3 is 5.32 Å². The molecule has 2 unspecified atom stereocenters. The molecule has 19 heavy (non-hydrogen) atoms. The smallest absolute Gasteiger partial charge is 0.0439 e. The van der Waals surface area contributed by atoms with E-state index in [1.807, 2.05) is 18.2 Å². The highest BCUT2D eigenvalue weighted by molar-refractivity contribution is 6.33. The molecule has 0 amide bonds. The van der Waals surface area contributed by atoms with Crippen molar-refractivity contribution in [1.29, 1.82) is 0 Å². The van der Waals surface area contributed by atoms with E-state index in [4.69, 9.17) is 23.2 Å². The standard InChI is InChI=1S/C16H21Cl2N/c17-14-4-7-16(18)13(9-14)8-11-2-1-3-12(11)10-19-15-5-6-15/h4,7,9,11-12,15,19H,1-3,5-6,8,10H2. The summed E-state index contributed by atoms with van der Waals surface area (Å²) >= 11 is 12.4. The van der Waals surface area contributed by atoms with Gasteiger partial charge in [-0.2, -0.15) is 0 Å². The van der Waals surface area contributed by atoms with Crippen LogP contribution in [0.1, 0.15) is 37.7 Å². The van der Waals surface area contributed by atoms with E-state index in [0.29, 0.717) is 0 Å². The molecule has 1 aromatic rings. The van der Waals surface area contributed by atoms with Crippen molar-refractivity contribution in [3.63, 3.8) is 0 Å². The molecule has 2 saturated carbocycles. The van der Waals surface area contributed by atoms with Gasteiger partial charge in [0.25, 0.3) is 0 Å². The van der Waals surface area contributed by atoms with E-state index in [1.54, 1.807) is 0 Å². The third-order valence-corrected chi connectivity index (χ3v) is 5.16. The van der Waals surface area contributed by atoms with E-state index < -0.39 is 0 Å². The summed E-state index contributed by atoms with van der Waals surface area (Å²) in [5, 5.41) is 5.34. The largest absolute Gasteiger partial charge is 0.314 e. The van der Waals surface area contributed by atoms with Gasteiger partial charge in [-0.3, -0.25) is 0 Å². The molecule has 1 nitrogen and oxygen atoms in total. The second-order valence-electron chi connectivity index (χ2n) is 6.07. The summed E-state index contributed by atoms with van der Waals surface area (Å²) in [6.07, 6.45) is 7.88. The van der Waals surface area contributed by atoms with Crippen LogP contribution in [-0.4, -0.2) is 12.6 Å². The molecule has 1 aromatic carbocycles. The molecular weight excluding hydrogens is 277 g/mol. The summed E-state index contributed by atoms with van der Waals surface area (Å²) in [5.41, 5.74) is 1.22. The first-order chi connectivity index (χ1) is 9.22. The fourth-order valence-electron chi connectivity index (χ4n) is 3.24. The topological polar surface area (TPSA) is 12.0 Å². The number of hydrogen-bond donors (Lipinski definition) is 1. The lowest BCUT2D eigenvalue weighted by Crippen LogP contribution is -2.27. The lowest BCUT2D eigenvalue weighted by atomic mass is 9.89. The molecule has 0 spiro atoms. The van der Waals surface area contributed by atoms with Crippen LogP contribution in [-0.2, 0) is 6.42 Å². The van der Waals surface area contributed by atoms with Gasteiger partial charge in [0.05, 0.1) is 0 Å². The monoisotopic (exact) mass is 297 g/mol. The quantitative estimate of drug-likeness (QED) is 0.830. The van der Waals surface area contributed by atoms with Crippen molar-refractivity contribution >= 4 is 23.2 Å². The van der Waals surface area contributed by atoms with Crippen molar-refractivity contribution in [2.75, 3.05) is 6.54 Å². The number of hydrogen-bond acceptors (Lipinski definition) is 1. The van der Waals surface area contributed by atoms with Crippen LogP contribution in [0.4, 0.5) is 0 Å². The Morgan fingerprint density at radius 1 is 1.05 bits per heavy atom. The number of benzene rings is 1. The summed E-state index contributed by atoms with van der Waals surface area (Å²) in [7, 11) is 0. The van der Waals surface area contributed by atoms with Gasteiger partial charge in [0.2, 0.25) is 0 Å². The lowest BCUT2D eigenvalue weighted by molar-refractivity contribution is 0.364. The molecule has 0 saturated heterocycles. The molecule has 2 atom stereocenters. The Balaban J connectivity index is 1.61. The fraction of sp³-hybridized carbons (Fsp3) is 0.625. The average molecular weight is 298 g/mol. The molecule has 2 aliphatic rings. The summed E-state index contributed by atoms with van der Waals surface area (Å²) in [6, 6.07) is 6.64. The first-order valence-corrected chi connectivity index (χ1v) is 8.15. The Bertz CT molecular complexity index is 442. The Labute approximate surface area is 125 Å². The molecule has 0 radical (unpaired) electrons. The van der Waals surface area contributed by atoms with Gasteiger partial charge in [0, 0.05) is 16.1 Å². The van der Waals surface area contributed by atoms with Crippen molar-refractivity contribution in [2.24, 2.45) is 11.8 Å². The van der Waals surface area contributed by atoms with E-state index in [9.17, 15) is 0 Å². The van der Waals surface area contributed by atoms with Crippen LogP contribution >= 0.6 is 23.2 Å². The molecule has 0 heterocycles. The predicted octanol–water partition coefficient (Wildman–Crippen LogP) is 4.70. The van der Waals surface area contributed by atoms with Gasteiger partial charge in [-0.15, -0.1) is 0 Å². The normalized spacial score (nSPS) is 26.8. The van der Waals surface area contributed by atoms with Gasteiger partial charge in [0.1, 0.15) is 0 Å². The van der Waals surface area contributed by atoms with E-state index in [2.05, 4.69) is 5.32 Å². The van der Waals surface area contributed by atoms with Crippen LogP contribution in [0.3, 0.4) is 0 Å². The van der Waals surface area contributed by atoms with Crippen LogP contribution < -0.4 is 5.32 Å². The highest BCUT2D eigenvalue weighted by Crippen LogP contribution is 2.36. The van der Waals surface area contributed by atoms with Crippen LogP contribution in [0, 0.1) is 11.8 Å². The lowest BCUT2D eigenvalue weighted by Gasteiger charge is -2.21. The highest BCUT2D eigenvalue weighted by Gasteiger charge is 2.30. The maximum absolute atomic E-state index is 6.29. The maximum atomic E-state index is 6.29. The van der Waals surface area contributed by atoms with Crippen LogP contribution in [0.2, 0.25) is 10.0 Å². The molecule has 1 N–H and O–H groups in total. The molecule has 2 aliphatic carbocycles. The third-order valence-electron chi connectivity index (χ3n) is 4.55. The zero-order valence-corrected chi connectivity index (χ0v) is 12.7. The maximum Gasteiger partial charge on any atom is 0.0439 e. The van der Waals surface area contributed by atoms with Gasteiger partial charge in [-0.05, 0) is 74.2 Å². The predicted molar refractivity (Wildman–Crippen MR) is 82.0 cm³/mol. The summed E-state index contributed by atoms with van der Waals surface area (Å²) in [6.45, 7) is 1.19. The van der Waals surface area contributed by atoms with Gasteiger partial charge >= 0.3 is 0 Å². The second-order valence-corrected chi connectivity index (χ2v) is 6.92. The van der Waals surface area contributed by atoms with E-state index in [0.717, 1.165) is 34.3 Å². The number of nitrogens with one attached hydrogen (secondary N) is 1. The molecule has 0 bridgehead atoms. The second kappa shape index (κ2) is 6.03. The Morgan fingerprint density at radius 3 is 2.63 bits per heavy atom. The summed E-state index contributed by atoms with van der Waals surface area (Å²) in [4.78, 5) is 0. The van der Waals surface area contributed by atoms with Crippen molar-refractivity contribution in [2.45, 2.75) is 44.6 Å². The molecule has 3 heteroatoms. The fourth-order valence-corrected chi connectivity index (χ4v) is 3.63. The summed E-state index contributed by atoms with van der Waals surface area (Å²) < 4.78 is 0. The zero-order chi connectivity index (χ0) is 13.2. The average Bonchev–Trinajstić information content (AvgIpc) is 3.12. The Kier molecular flexibility index (Phi) is 4.36. The van der Waals surface area contributed by atoms with Crippen molar-refractivity contribution in [1.82, 2.24) is 5.32 Å². The van der Waals surface area contributed by atoms with Gasteiger partial charge in [-0.25, -0.2) is 0 Å². The third kappa shape index (κ3) is 3.65. The minimum absolute atomic E-state index is 0.766. The Morgan fingerprint density at radius 2 is 1.84 bits per heavy atom. The molecule has 0 aliphatic heterocycles. The van der Waals surface area contributed by atoms with Crippen LogP contribution in [0.25, 0.3) is 0 Å². The molecular formula is C16H21Cl2N. The van der Waals surface area contributed by atoms with Gasteiger partial charge in [-0.1, -0.05) is 29.6 Å². The molecule has 104 valence electrons. The first-order valence-electron chi connectivity index (χ1n) is 7.39. The van der Waals surface area contributed by atoms with E-state index >= 15 is 0 Å². The number of rotatable bonds is 5. The molecule has 2 fully saturated rings. The van der Waals surface area contributed by atoms with Gasteiger partial charge in [0.15, 0.2) is 0 Å². The van der Waals surface area contributed by atoms with E-state index in [-0.39, 0.29) is 0 Å². The SMILES string of the molecule is Clc1ccc(Cl)c(CC2CCCC2CNC2CC2)c1. The zero-order valence-electron chi connectivity index (χ0n) is 11.2. The summed E-state index contributed by atoms with van der Waals surface area (Å²) in [5.74, 6) is 1.58. The minimum atomic E-state index is 0.766. The molecule has 3 rings (SSSR count). The van der Waals surface area contributed by atoms with Crippen molar-refractivity contribution in [3.8, 4) is 0 Å². The van der Waals surface area contributed by atoms with E-state index in [1.165, 1.54) is 44.2 Å². The van der Waals surface area contributed by atoms with Crippen LogP contribution in [0.5, 0.6) is 0 Å². The molecule has 0 aromatic heterocycles. The number of halogens is 2.